The average molecular weight is 426 g/mol. The monoisotopic (exact) mass is 426 g/mol. The van der Waals surface area contributed by atoms with Gasteiger partial charge in [-0.15, -0.1) is 10.2 Å². The Hall–Kier alpha value is -3.14. The molecule has 0 saturated carbocycles. The molecule has 5 rings (SSSR count). The number of aromatic nitrogens is 5. The Bertz CT molecular complexity index is 1100. The fraction of sp³-hybridized carbons (Fsp3) is 0.300. The van der Waals surface area contributed by atoms with E-state index in [1.807, 2.05) is 12.1 Å². The first-order chi connectivity index (χ1) is 14.8. The molecule has 1 saturated heterocycles. The Labute approximate surface area is 176 Å². The van der Waals surface area contributed by atoms with Crippen molar-refractivity contribution >= 4 is 17.7 Å². The molecule has 0 radical (unpaired) electrons. The van der Waals surface area contributed by atoms with Crippen LogP contribution in [0.1, 0.15) is 24.5 Å². The molecule has 0 N–H and O–H groups in total. The lowest BCUT2D eigenvalue weighted by molar-refractivity contribution is 0.391. The molecule has 0 amide bonds. The van der Waals surface area contributed by atoms with Crippen LogP contribution in [0.4, 0.5) is 10.3 Å². The summed E-state index contributed by atoms with van der Waals surface area (Å²) in [5, 5.41) is 13.6. The molecule has 0 bridgehead atoms. The molecule has 0 unspecified atom stereocenters. The summed E-state index contributed by atoms with van der Waals surface area (Å²) >= 11 is 1.48. The third kappa shape index (κ3) is 3.95. The minimum Gasteiger partial charge on any atom is -0.467 e. The molecule has 0 atom stereocenters. The van der Waals surface area contributed by atoms with E-state index in [9.17, 15) is 4.39 Å². The Morgan fingerprint density at radius 3 is 2.67 bits per heavy atom. The smallest absolute Gasteiger partial charge is 0.237 e. The largest absolute Gasteiger partial charge is 0.467 e. The second-order valence-electron chi connectivity index (χ2n) is 6.95. The fourth-order valence-electron chi connectivity index (χ4n) is 3.39. The van der Waals surface area contributed by atoms with Gasteiger partial charge in [-0.1, -0.05) is 16.9 Å². The summed E-state index contributed by atoms with van der Waals surface area (Å²) in [5.41, 5.74) is 0.703. The topological polar surface area (TPSA) is 86.0 Å². The van der Waals surface area contributed by atoms with Gasteiger partial charge in [0.2, 0.25) is 17.7 Å². The highest BCUT2D eigenvalue weighted by molar-refractivity contribution is 7.98. The second-order valence-corrected chi connectivity index (χ2v) is 7.89. The van der Waals surface area contributed by atoms with Crippen LogP contribution in [0, 0.1) is 5.82 Å². The van der Waals surface area contributed by atoms with Crippen molar-refractivity contribution in [3.63, 3.8) is 0 Å². The van der Waals surface area contributed by atoms with Gasteiger partial charge < -0.3 is 13.8 Å². The predicted octanol–water partition coefficient (Wildman–Crippen LogP) is 4.00. The first-order valence-electron chi connectivity index (χ1n) is 9.68. The molecule has 1 aliphatic rings. The predicted molar refractivity (Wildman–Crippen MR) is 109 cm³/mol. The third-order valence-corrected chi connectivity index (χ3v) is 5.83. The summed E-state index contributed by atoms with van der Waals surface area (Å²) in [6.07, 6.45) is 3.98. The van der Waals surface area contributed by atoms with Crippen molar-refractivity contribution in [3.8, 4) is 11.4 Å². The Morgan fingerprint density at radius 2 is 1.90 bits per heavy atom. The second kappa shape index (κ2) is 8.31. The van der Waals surface area contributed by atoms with Crippen LogP contribution >= 0.6 is 11.8 Å². The van der Waals surface area contributed by atoms with Crippen molar-refractivity contribution in [3.05, 3.63) is 60.1 Å². The molecular formula is C20H19FN6O2S. The molecular weight excluding hydrogens is 407 g/mol. The van der Waals surface area contributed by atoms with Crippen LogP contribution < -0.4 is 4.90 Å². The number of hydrogen-bond donors (Lipinski definition) is 0. The molecule has 1 fully saturated rings. The summed E-state index contributed by atoms with van der Waals surface area (Å²) in [6, 6.07) is 9.81. The quantitative estimate of drug-likeness (QED) is 0.410. The van der Waals surface area contributed by atoms with Gasteiger partial charge in [-0.2, -0.15) is 4.98 Å². The summed E-state index contributed by atoms with van der Waals surface area (Å²) < 4.78 is 26.1. The van der Waals surface area contributed by atoms with Gasteiger partial charge >= 0.3 is 0 Å². The van der Waals surface area contributed by atoms with E-state index in [1.165, 1.54) is 23.9 Å². The molecule has 30 heavy (non-hydrogen) atoms. The van der Waals surface area contributed by atoms with Gasteiger partial charge in [0, 0.05) is 18.7 Å². The first kappa shape index (κ1) is 18.9. The Balaban J connectivity index is 1.34. The number of anilines is 1. The van der Waals surface area contributed by atoms with Gasteiger partial charge in [0.05, 0.1) is 18.6 Å². The van der Waals surface area contributed by atoms with Gasteiger partial charge in [0.25, 0.3) is 0 Å². The van der Waals surface area contributed by atoms with Crippen LogP contribution in [-0.4, -0.2) is 38.0 Å². The van der Waals surface area contributed by atoms with Crippen LogP contribution in [-0.2, 0) is 12.3 Å². The van der Waals surface area contributed by atoms with Crippen molar-refractivity contribution < 1.29 is 13.3 Å². The van der Waals surface area contributed by atoms with E-state index in [0.717, 1.165) is 42.8 Å². The van der Waals surface area contributed by atoms with Crippen LogP contribution in [0.15, 0.2) is 56.8 Å². The minimum atomic E-state index is -0.303. The van der Waals surface area contributed by atoms with Gasteiger partial charge in [0.1, 0.15) is 11.6 Å². The standard InChI is InChI=1S/C20H19FN6O2S/c21-15-7-5-14(6-8-15)18-22-17(29-25-18)13-30-20-24-23-19(26-9-1-2-10-26)27(20)12-16-4-3-11-28-16/h3-8,11H,1-2,9-10,12-13H2. The van der Waals surface area contributed by atoms with Crippen LogP contribution in [0.2, 0.25) is 0 Å². The number of hydrogen-bond acceptors (Lipinski definition) is 8. The fourth-order valence-corrected chi connectivity index (χ4v) is 4.16. The lowest BCUT2D eigenvalue weighted by atomic mass is 10.2. The first-order valence-corrected chi connectivity index (χ1v) is 10.7. The maximum atomic E-state index is 13.1. The highest BCUT2D eigenvalue weighted by Crippen LogP contribution is 2.28. The molecule has 8 nitrogen and oxygen atoms in total. The lowest BCUT2D eigenvalue weighted by Crippen LogP contribution is -2.22. The summed E-state index contributed by atoms with van der Waals surface area (Å²) in [4.78, 5) is 6.66. The van der Waals surface area contributed by atoms with Gasteiger partial charge in [-0.05, 0) is 49.2 Å². The number of rotatable bonds is 7. The minimum absolute atomic E-state index is 0.303. The maximum absolute atomic E-state index is 13.1. The normalized spacial score (nSPS) is 14.0. The summed E-state index contributed by atoms with van der Waals surface area (Å²) in [6.45, 7) is 2.51. The zero-order valence-corrected chi connectivity index (χ0v) is 16.9. The van der Waals surface area contributed by atoms with Crippen molar-refractivity contribution in [1.82, 2.24) is 24.9 Å². The molecule has 1 aliphatic heterocycles. The third-order valence-electron chi connectivity index (χ3n) is 4.88. The SMILES string of the molecule is Fc1ccc(-c2noc(CSc3nnc(N4CCCC4)n3Cc3ccco3)n2)cc1. The summed E-state index contributed by atoms with van der Waals surface area (Å²) in [7, 11) is 0. The number of halogens is 1. The lowest BCUT2D eigenvalue weighted by Gasteiger charge is -2.17. The van der Waals surface area contributed by atoms with Crippen molar-refractivity contribution in [2.24, 2.45) is 0 Å². The molecule has 0 aliphatic carbocycles. The molecule has 0 spiro atoms. The molecule has 10 heteroatoms. The highest BCUT2D eigenvalue weighted by atomic mass is 32.2. The highest BCUT2D eigenvalue weighted by Gasteiger charge is 2.22. The molecule has 4 aromatic rings. The molecule has 4 heterocycles. The molecule has 3 aromatic heterocycles. The summed E-state index contributed by atoms with van der Waals surface area (Å²) in [5.74, 6) is 2.74. The van der Waals surface area contributed by atoms with Crippen molar-refractivity contribution in [1.29, 1.82) is 0 Å². The zero-order valence-electron chi connectivity index (χ0n) is 16.1. The van der Waals surface area contributed by atoms with Crippen LogP contribution in [0.5, 0.6) is 0 Å². The Kier molecular flexibility index (Phi) is 5.22. The molecule has 1 aromatic carbocycles. The number of thioether (sulfide) groups is 1. The number of benzene rings is 1. The van der Waals surface area contributed by atoms with Crippen molar-refractivity contribution in [2.45, 2.75) is 30.3 Å². The van der Waals surface area contributed by atoms with Gasteiger partial charge in [-0.25, -0.2) is 4.39 Å². The Morgan fingerprint density at radius 1 is 1.07 bits per heavy atom. The van der Waals surface area contributed by atoms with E-state index in [-0.39, 0.29) is 5.82 Å². The van der Waals surface area contributed by atoms with Gasteiger partial charge in [0.15, 0.2) is 5.16 Å². The maximum Gasteiger partial charge on any atom is 0.237 e. The zero-order chi connectivity index (χ0) is 20.3. The van der Waals surface area contributed by atoms with Gasteiger partial charge in [-0.3, -0.25) is 4.57 Å². The van der Waals surface area contributed by atoms with E-state index in [0.29, 0.717) is 29.6 Å². The van der Waals surface area contributed by atoms with E-state index in [2.05, 4.69) is 29.8 Å². The van der Waals surface area contributed by atoms with E-state index in [4.69, 9.17) is 8.94 Å². The van der Waals surface area contributed by atoms with Crippen LogP contribution in [0.25, 0.3) is 11.4 Å². The van der Waals surface area contributed by atoms with E-state index < -0.39 is 0 Å². The van der Waals surface area contributed by atoms with Crippen molar-refractivity contribution in [2.75, 3.05) is 18.0 Å². The molecule has 154 valence electrons. The average Bonchev–Trinajstić information content (AvgIpc) is 3.55. The number of furan rings is 1. The van der Waals surface area contributed by atoms with E-state index in [1.54, 1.807) is 18.4 Å². The number of nitrogens with zero attached hydrogens (tertiary/aromatic N) is 6. The van der Waals surface area contributed by atoms with E-state index >= 15 is 0 Å². The van der Waals surface area contributed by atoms with Crippen LogP contribution in [0.3, 0.4) is 0 Å².